The van der Waals surface area contributed by atoms with Crippen molar-refractivity contribution in [1.29, 1.82) is 0 Å². The van der Waals surface area contributed by atoms with E-state index in [1.807, 2.05) is 12.1 Å². The Kier molecular flexibility index (Phi) is 3.37. The van der Waals surface area contributed by atoms with E-state index in [-0.39, 0.29) is 0 Å². The van der Waals surface area contributed by atoms with Crippen LogP contribution >= 0.6 is 0 Å². The van der Waals surface area contributed by atoms with Gasteiger partial charge in [-0.2, -0.15) is 0 Å². The second kappa shape index (κ2) is 4.94. The topological polar surface area (TPSA) is 46.5 Å². The van der Waals surface area contributed by atoms with Gasteiger partial charge in [0.2, 0.25) is 0 Å². The number of rotatable bonds is 3. The van der Waals surface area contributed by atoms with Gasteiger partial charge in [-0.05, 0) is 24.5 Å². The summed E-state index contributed by atoms with van der Waals surface area (Å²) in [7, 11) is 0. The summed E-state index contributed by atoms with van der Waals surface area (Å²) < 4.78 is 5.10. The quantitative estimate of drug-likeness (QED) is 0.792. The van der Waals surface area contributed by atoms with Gasteiger partial charge in [-0.25, -0.2) is 4.79 Å². The second-order valence-electron chi connectivity index (χ2n) is 3.80. The maximum absolute atomic E-state index is 11.6. The molecule has 1 N–H and O–H groups in total. The highest BCUT2D eigenvalue weighted by Gasteiger charge is 2.21. The Morgan fingerprint density at radius 2 is 2.06 bits per heavy atom. The molecule has 0 heterocycles. The summed E-state index contributed by atoms with van der Waals surface area (Å²) in [6.45, 7) is 0. The van der Waals surface area contributed by atoms with E-state index in [2.05, 4.69) is 0 Å². The van der Waals surface area contributed by atoms with Gasteiger partial charge in [0.1, 0.15) is 5.76 Å². The molecule has 3 nitrogen and oxygen atoms in total. The molecule has 84 valence electrons. The third-order valence-electron chi connectivity index (χ3n) is 2.57. The van der Waals surface area contributed by atoms with Crippen molar-refractivity contribution in [2.45, 2.75) is 25.4 Å². The van der Waals surface area contributed by atoms with E-state index < -0.39 is 12.1 Å². The van der Waals surface area contributed by atoms with Gasteiger partial charge in [0, 0.05) is 6.42 Å². The van der Waals surface area contributed by atoms with E-state index in [0.29, 0.717) is 11.3 Å². The average Bonchev–Trinajstić information content (AvgIpc) is 2.82. The van der Waals surface area contributed by atoms with Crippen molar-refractivity contribution in [3.8, 4) is 0 Å². The Bertz CT molecular complexity index is 395. The monoisotopic (exact) mass is 218 g/mol. The lowest BCUT2D eigenvalue weighted by atomic mass is 10.1. The van der Waals surface area contributed by atoms with E-state index in [9.17, 15) is 9.90 Å². The molecule has 0 saturated heterocycles. The van der Waals surface area contributed by atoms with Gasteiger partial charge in [-0.3, -0.25) is 0 Å². The highest BCUT2D eigenvalue weighted by Crippen LogP contribution is 2.22. The Hall–Kier alpha value is -1.61. The van der Waals surface area contributed by atoms with Crippen LogP contribution in [0.4, 0.5) is 0 Å². The summed E-state index contributed by atoms with van der Waals surface area (Å²) in [6, 6.07) is 8.80. The molecule has 2 rings (SSSR count). The molecule has 1 atom stereocenters. The summed E-state index contributed by atoms with van der Waals surface area (Å²) in [5, 5.41) is 9.75. The fourth-order valence-corrected chi connectivity index (χ4v) is 1.69. The number of benzene rings is 1. The lowest BCUT2D eigenvalue weighted by Crippen LogP contribution is -2.14. The lowest BCUT2D eigenvalue weighted by Gasteiger charge is -2.10. The first-order chi connectivity index (χ1) is 7.77. The fraction of sp³-hybridized carbons (Fsp3) is 0.308. The molecule has 0 saturated carbocycles. The number of carbonyl (C=O) groups excluding carboxylic acids is 1. The molecule has 0 aromatic heterocycles. The van der Waals surface area contributed by atoms with Gasteiger partial charge in [0.25, 0.3) is 0 Å². The van der Waals surface area contributed by atoms with Gasteiger partial charge >= 0.3 is 5.97 Å². The number of aliphatic hydroxyl groups is 1. The molecule has 0 fully saturated rings. The van der Waals surface area contributed by atoms with Crippen molar-refractivity contribution in [2.75, 3.05) is 0 Å². The molecular formula is C13H14O3. The highest BCUT2D eigenvalue weighted by molar-refractivity contribution is 5.77. The Labute approximate surface area is 94.4 Å². The maximum atomic E-state index is 11.6. The maximum Gasteiger partial charge on any atom is 0.344 e. The van der Waals surface area contributed by atoms with Gasteiger partial charge in [0.05, 0.1) is 0 Å². The van der Waals surface area contributed by atoms with Crippen molar-refractivity contribution in [1.82, 2.24) is 0 Å². The molecule has 1 aromatic carbocycles. The first-order valence-corrected chi connectivity index (χ1v) is 5.41. The predicted molar refractivity (Wildman–Crippen MR) is 59.4 cm³/mol. The lowest BCUT2D eigenvalue weighted by molar-refractivity contribution is -0.149. The normalized spacial score (nSPS) is 16.7. The molecule has 1 aliphatic rings. The summed E-state index contributed by atoms with van der Waals surface area (Å²) in [5.41, 5.74) is 0.561. The zero-order chi connectivity index (χ0) is 11.4. The van der Waals surface area contributed by atoms with E-state index in [4.69, 9.17) is 4.74 Å². The smallest absolute Gasteiger partial charge is 0.344 e. The minimum Gasteiger partial charge on any atom is -0.429 e. The standard InChI is InChI=1S/C13H14O3/c14-12(10-6-2-1-3-7-10)13(15)16-11-8-4-5-9-11/h1-3,6-8,12,14H,4-5,9H2/t12-/m1/s1. The minimum atomic E-state index is -1.19. The van der Waals surface area contributed by atoms with Crippen molar-refractivity contribution < 1.29 is 14.6 Å². The van der Waals surface area contributed by atoms with E-state index in [1.165, 1.54) is 0 Å². The molecule has 1 aliphatic carbocycles. The van der Waals surface area contributed by atoms with Crippen LogP contribution in [0.3, 0.4) is 0 Å². The van der Waals surface area contributed by atoms with Crippen molar-refractivity contribution >= 4 is 5.97 Å². The number of carbonyl (C=O) groups is 1. The first-order valence-electron chi connectivity index (χ1n) is 5.41. The van der Waals surface area contributed by atoms with Crippen LogP contribution in [-0.2, 0) is 9.53 Å². The zero-order valence-electron chi connectivity index (χ0n) is 8.93. The highest BCUT2D eigenvalue weighted by atomic mass is 16.6. The molecule has 1 aromatic rings. The van der Waals surface area contributed by atoms with Crippen LogP contribution in [-0.4, -0.2) is 11.1 Å². The SMILES string of the molecule is O=C(OC1=CCCC1)[C@H](O)c1ccccc1. The number of hydrogen-bond acceptors (Lipinski definition) is 3. The number of aliphatic hydroxyl groups excluding tert-OH is 1. The van der Waals surface area contributed by atoms with Crippen LogP contribution in [0.2, 0.25) is 0 Å². The van der Waals surface area contributed by atoms with Crippen LogP contribution in [0, 0.1) is 0 Å². The van der Waals surface area contributed by atoms with Crippen LogP contribution in [0.25, 0.3) is 0 Å². The third-order valence-corrected chi connectivity index (χ3v) is 2.57. The summed E-state index contributed by atoms with van der Waals surface area (Å²) in [4.78, 5) is 11.6. The van der Waals surface area contributed by atoms with Crippen LogP contribution in [0.1, 0.15) is 30.9 Å². The number of ether oxygens (including phenoxy) is 1. The number of allylic oxidation sites excluding steroid dienone is 2. The molecule has 16 heavy (non-hydrogen) atoms. The molecule has 0 aliphatic heterocycles. The van der Waals surface area contributed by atoms with Crippen LogP contribution < -0.4 is 0 Å². The predicted octanol–water partition coefficient (Wildman–Crippen LogP) is 2.33. The zero-order valence-corrected chi connectivity index (χ0v) is 8.93. The average molecular weight is 218 g/mol. The third kappa shape index (κ3) is 2.49. The van der Waals surface area contributed by atoms with Crippen molar-refractivity contribution in [3.63, 3.8) is 0 Å². The largest absolute Gasteiger partial charge is 0.429 e. The van der Waals surface area contributed by atoms with Gasteiger partial charge in [0.15, 0.2) is 6.10 Å². The van der Waals surface area contributed by atoms with E-state index in [1.54, 1.807) is 24.3 Å². The molecule has 0 radical (unpaired) electrons. The van der Waals surface area contributed by atoms with Crippen LogP contribution in [0.5, 0.6) is 0 Å². The van der Waals surface area contributed by atoms with Gasteiger partial charge in [-0.15, -0.1) is 0 Å². The molecule has 0 bridgehead atoms. The second-order valence-corrected chi connectivity index (χ2v) is 3.80. The number of esters is 1. The van der Waals surface area contributed by atoms with Crippen molar-refractivity contribution in [2.24, 2.45) is 0 Å². The first kappa shape index (κ1) is 10.9. The van der Waals surface area contributed by atoms with Crippen LogP contribution in [0.15, 0.2) is 42.2 Å². The molecule has 3 heteroatoms. The summed E-state index contributed by atoms with van der Waals surface area (Å²) in [5.74, 6) is 0.0827. The summed E-state index contributed by atoms with van der Waals surface area (Å²) >= 11 is 0. The van der Waals surface area contributed by atoms with E-state index >= 15 is 0 Å². The Morgan fingerprint density at radius 1 is 1.31 bits per heavy atom. The Morgan fingerprint density at radius 3 is 2.69 bits per heavy atom. The molecular weight excluding hydrogens is 204 g/mol. The molecule has 0 amide bonds. The van der Waals surface area contributed by atoms with Crippen molar-refractivity contribution in [3.05, 3.63) is 47.7 Å². The minimum absolute atomic E-state index is 0.561. The fourth-order valence-electron chi connectivity index (χ4n) is 1.69. The van der Waals surface area contributed by atoms with E-state index in [0.717, 1.165) is 19.3 Å². The Balaban J connectivity index is 1.99. The van der Waals surface area contributed by atoms with Gasteiger partial charge < -0.3 is 9.84 Å². The van der Waals surface area contributed by atoms with Gasteiger partial charge in [-0.1, -0.05) is 30.3 Å². The number of hydrogen-bond donors (Lipinski definition) is 1. The molecule has 0 unspecified atom stereocenters. The molecule has 0 spiro atoms. The summed E-state index contributed by atoms with van der Waals surface area (Å²) in [6.07, 6.45) is 3.46.